The third-order valence-corrected chi connectivity index (χ3v) is 6.36. The molecule has 138 valence electrons. The highest BCUT2D eigenvalue weighted by molar-refractivity contribution is 6.36. The van der Waals surface area contributed by atoms with Gasteiger partial charge in [0, 0.05) is 10.0 Å². The summed E-state index contributed by atoms with van der Waals surface area (Å²) in [5.74, 6) is -1.71. The smallest absolute Gasteiger partial charge is 0.339 e. The summed E-state index contributed by atoms with van der Waals surface area (Å²) in [6.45, 7) is 3.85. The van der Waals surface area contributed by atoms with Gasteiger partial charge in [-0.05, 0) is 84.2 Å². The van der Waals surface area contributed by atoms with Crippen molar-refractivity contribution < 1.29 is 14.7 Å². The highest BCUT2D eigenvalue weighted by atomic mass is 35.5. The van der Waals surface area contributed by atoms with Gasteiger partial charge in [0.15, 0.2) is 5.78 Å². The lowest BCUT2D eigenvalue weighted by Gasteiger charge is -2.29. The number of rotatable bonds is 3. The lowest BCUT2D eigenvalue weighted by atomic mass is 9.73. The zero-order chi connectivity index (χ0) is 19.5. The number of aliphatic carboxylic acids is 1. The van der Waals surface area contributed by atoms with Gasteiger partial charge in [0.05, 0.1) is 5.92 Å². The van der Waals surface area contributed by atoms with Gasteiger partial charge in [-0.1, -0.05) is 35.4 Å². The van der Waals surface area contributed by atoms with Crippen LogP contribution in [0.5, 0.6) is 0 Å². The van der Waals surface area contributed by atoms with Gasteiger partial charge in [-0.3, -0.25) is 4.79 Å². The molecule has 1 aromatic carbocycles. The first-order valence-electron chi connectivity index (χ1n) is 8.88. The van der Waals surface area contributed by atoms with Gasteiger partial charge in [0.2, 0.25) is 0 Å². The second kappa shape index (κ2) is 6.50. The Kier molecular flexibility index (Phi) is 4.40. The number of benzene rings is 1. The average molecular weight is 401 g/mol. The summed E-state index contributed by atoms with van der Waals surface area (Å²) in [6.07, 6.45) is 7.33. The molecule has 1 aromatic rings. The number of fused-ring (bicyclic) bond motifs is 1. The van der Waals surface area contributed by atoms with Crippen molar-refractivity contribution in [3.63, 3.8) is 0 Å². The van der Waals surface area contributed by atoms with Crippen LogP contribution in [-0.2, 0) is 9.59 Å². The molecule has 1 fully saturated rings. The van der Waals surface area contributed by atoms with E-state index in [9.17, 15) is 14.7 Å². The zero-order valence-electron chi connectivity index (χ0n) is 15.0. The fourth-order valence-electron chi connectivity index (χ4n) is 3.89. The first kappa shape index (κ1) is 18.3. The molecule has 0 aliphatic heterocycles. The van der Waals surface area contributed by atoms with Crippen LogP contribution >= 0.6 is 23.2 Å². The molecule has 1 unspecified atom stereocenters. The van der Waals surface area contributed by atoms with Gasteiger partial charge in [0.1, 0.15) is 5.57 Å². The third kappa shape index (κ3) is 2.99. The van der Waals surface area contributed by atoms with E-state index in [0.29, 0.717) is 16.0 Å². The SMILES string of the molecule is CC1=C(c2cc(Cl)c(C)c(Cl)c2)C=CC2C(=O)C(C(=O)O)=CC(C3CC3)=C12. The summed E-state index contributed by atoms with van der Waals surface area (Å²) in [4.78, 5) is 24.3. The van der Waals surface area contributed by atoms with Crippen molar-refractivity contribution in [1.82, 2.24) is 0 Å². The maximum Gasteiger partial charge on any atom is 0.339 e. The molecular weight excluding hydrogens is 383 g/mol. The van der Waals surface area contributed by atoms with Gasteiger partial charge in [-0.25, -0.2) is 4.79 Å². The minimum Gasteiger partial charge on any atom is -0.478 e. The number of halogens is 2. The normalized spacial score (nSPS) is 22.1. The average Bonchev–Trinajstić information content (AvgIpc) is 3.45. The van der Waals surface area contributed by atoms with Crippen LogP contribution in [0.25, 0.3) is 5.57 Å². The molecule has 5 heteroatoms. The van der Waals surface area contributed by atoms with Crippen molar-refractivity contribution in [2.45, 2.75) is 26.7 Å². The largest absolute Gasteiger partial charge is 0.478 e. The van der Waals surface area contributed by atoms with Crippen LogP contribution in [0.1, 0.15) is 30.9 Å². The zero-order valence-corrected chi connectivity index (χ0v) is 16.5. The van der Waals surface area contributed by atoms with E-state index in [0.717, 1.165) is 46.3 Å². The Balaban J connectivity index is 1.92. The molecule has 0 bridgehead atoms. The molecule has 4 rings (SSSR count). The summed E-state index contributed by atoms with van der Waals surface area (Å²) in [5, 5.41) is 10.6. The molecule has 27 heavy (non-hydrogen) atoms. The number of carbonyl (C=O) groups is 2. The van der Waals surface area contributed by atoms with Gasteiger partial charge in [-0.15, -0.1) is 0 Å². The molecule has 0 saturated heterocycles. The Bertz CT molecular complexity index is 997. The number of allylic oxidation sites excluding steroid dienone is 7. The monoisotopic (exact) mass is 400 g/mol. The van der Waals surface area contributed by atoms with Gasteiger partial charge >= 0.3 is 5.97 Å². The summed E-state index contributed by atoms with van der Waals surface area (Å²) < 4.78 is 0. The topological polar surface area (TPSA) is 54.4 Å². The fraction of sp³-hybridized carbons (Fsp3) is 0.273. The Morgan fingerprint density at radius 2 is 1.78 bits per heavy atom. The van der Waals surface area contributed by atoms with Crippen molar-refractivity contribution in [3.05, 3.63) is 73.8 Å². The van der Waals surface area contributed by atoms with Crippen LogP contribution in [0.2, 0.25) is 10.0 Å². The van der Waals surface area contributed by atoms with E-state index in [1.165, 1.54) is 0 Å². The van der Waals surface area contributed by atoms with Crippen molar-refractivity contribution >= 4 is 40.5 Å². The van der Waals surface area contributed by atoms with E-state index in [1.54, 1.807) is 12.2 Å². The molecule has 3 aliphatic rings. The molecule has 0 heterocycles. The Labute approximate surface area is 167 Å². The van der Waals surface area contributed by atoms with Crippen molar-refractivity contribution in [2.24, 2.45) is 11.8 Å². The molecule has 1 saturated carbocycles. The van der Waals surface area contributed by atoms with Crippen LogP contribution in [0.4, 0.5) is 0 Å². The summed E-state index contributed by atoms with van der Waals surface area (Å²) in [7, 11) is 0. The molecule has 3 aliphatic carbocycles. The van der Waals surface area contributed by atoms with E-state index in [4.69, 9.17) is 23.2 Å². The Hall–Kier alpha value is -2.10. The van der Waals surface area contributed by atoms with Crippen molar-refractivity contribution in [1.29, 1.82) is 0 Å². The minimum absolute atomic E-state index is 0.118. The van der Waals surface area contributed by atoms with Crippen LogP contribution in [-0.4, -0.2) is 16.9 Å². The first-order valence-corrected chi connectivity index (χ1v) is 9.64. The molecular formula is C22H18Cl2O3. The highest BCUT2D eigenvalue weighted by Crippen LogP contribution is 2.48. The lowest BCUT2D eigenvalue weighted by molar-refractivity contribution is -0.135. The van der Waals surface area contributed by atoms with E-state index >= 15 is 0 Å². The van der Waals surface area contributed by atoms with Crippen LogP contribution in [0, 0.1) is 18.8 Å². The molecule has 0 aromatic heterocycles. The van der Waals surface area contributed by atoms with Crippen LogP contribution < -0.4 is 0 Å². The molecule has 1 N–H and O–H groups in total. The van der Waals surface area contributed by atoms with E-state index in [2.05, 4.69) is 0 Å². The Morgan fingerprint density at radius 1 is 1.15 bits per heavy atom. The number of Topliss-reactive ketones (excluding diaryl/α,β-unsaturated/α-hetero) is 1. The van der Waals surface area contributed by atoms with E-state index < -0.39 is 11.9 Å². The Morgan fingerprint density at radius 3 is 2.33 bits per heavy atom. The standard InChI is InChI=1S/C22H18Cl2O3/c1-10-14(13-7-18(23)11(2)19(24)8-13)5-6-15-20(10)16(12-3-4-12)9-17(21(15)25)22(26)27/h5-9,12,15H,3-4H2,1-2H3,(H,26,27). The molecule has 0 spiro atoms. The summed E-state index contributed by atoms with van der Waals surface area (Å²) in [6, 6.07) is 3.76. The number of ketones is 1. The minimum atomic E-state index is -1.16. The number of hydrogen-bond acceptors (Lipinski definition) is 2. The second-order valence-corrected chi connectivity index (χ2v) is 8.13. The second-order valence-electron chi connectivity index (χ2n) is 7.31. The number of carboxylic acid groups (broad SMARTS) is 1. The first-order chi connectivity index (χ1) is 12.8. The third-order valence-electron chi connectivity index (χ3n) is 5.57. The van der Waals surface area contributed by atoms with Gasteiger partial charge in [-0.2, -0.15) is 0 Å². The van der Waals surface area contributed by atoms with Gasteiger partial charge < -0.3 is 5.11 Å². The van der Waals surface area contributed by atoms with Crippen molar-refractivity contribution in [2.75, 3.05) is 0 Å². The van der Waals surface area contributed by atoms with E-state index in [-0.39, 0.29) is 11.4 Å². The number of carboxylic acids is 1. The molecule has 0 amide bonds. The van der Waals surface area contributed by atoms with Crippen LogP contribution in [0.3, 0.4) is 0 Å². The molecule has 0 radical (unpaired) electrons. The van der Waals surface area contributed by atoms with Crippen LogP contribution in [0.15, 0.2) is 52.7 Å². The lowest BCUT2D eigenvalue weighted by Crippen LogP contribution is -2.28. The molecule has 1 atom stereocenters. The quantitative estimate of drug-likeness (QED) is 0.675. The summed E-state index contributed by atoms with van der Waals surface area (Å²) >= 11 is 12.6. The summed E-state index contributed by atoms with van der Waals surface area (Å²) in [5.41, 5.74) is 5.48. The number of carbonyl (C=O) groups excluding carboxylic acids is 1. The van der Waals surface area contributed by atoms with Gasteiger partial charge in [0.25, 0.3) is 0 Å². The maximum absolute atomic E-state index is 12.7. The highest BCUT2D eigenvalue weighted by Gasteiger charge is 2.40. The molecule has 3 nitrogen and oxygen atoms in total. The van der Waals surface area contributed by atoms with E-state index in [1.807, 2.05) is 32.1 Å². The predicted octanol–water partition coefficient (Wildman–Crippen LogP) is 5.56. The number of hydrogen-bond donors (Lipinski definition) is 1. The fourth-order valence-corrected chi connectivity index (χ4v) is 4.38. The predicted molar refractivity (Wildman–Crippen MR) is 107 cm³/mol. The van der Waals surface area contributed by atoms with Crippen molar-refractivity contribution in [3.8, 4) is 0 Å². The maximum atomic E-state index is 12.7.